The van der Waals surface area contributed by atoms with Crippen molar-refractivity contribution in [1.82, 2.24) is 5.32 Å². The number of benzene rings is 3. The second kappa shape index (κ2) is 10.7. The highest BCUT2D eigenvalue weighted by atomic mass is 32.2. The van der Waals surface area contributed by atoms with E-state index >= 15 is 0 Å². The molecule has 0 aliphatic carbocycles. The van der Waals surface area contributed by atoms with Crippen molar-refractivity contribution in [3.05, 3.63) is 84.2 Å². The van der Waals surface area contributed by atoms with Gasteiger partial charge in [-0.15, -0.1) is 11.8 Å². The number of nitrogens with zero attached hydrogens (tertiary/aromatic N) is 1. The van der Waals surface area contributed by atoms with Crippen LogP contribution in [0, 0.1) is 5.82 Å². The Morgan fingerprint density at radius 2 is 1.76 bits per heavy atom. The van der Waals surface area contributed by atoms with Gasteiger partial charge in [0.2, 0.25) is 5.91 Å². The van der Waals surface area contributed by atoms with Gasteiger partial charge in [-0.05, 0) is 73.3 Å². The number of carbonyl (C=O) groups is 1. The Labute approximate surface area is 197 Å². The molecule has 0 fully saturated rings. The summed E-state index contributed by atoms with van der Waals surface area (Å²) in [6.07, 6.45) is 1.89. The maximum Gasteiger partial charge on any atom is 0.264 e. The molecule has 9 heteroatoms. The van der Waals surface area contributed by atoms with Crippen molar-refractivity contribution >= 4 is 33.4 Å². The van der Waals surface area contributed by atoms with E-state index in [9.17, 15) is 17.6 Å². The van der Waals surface area contributed by atoms with Crippen LogP contribution in [0.2, 0.25) is 0 Å². The predicted octanol–water partition coefficient (Wildman–Crippen LogP) is 4.63. The Morgan fingerprint density at radius 1 is 1.09 bits per heavy atom. The van der Waals surface area contributed by atoms with Gasteiger partial charge < -0.3 is 10.1 Å². The number of thioether (sulfide) groups is 1. The summed E-state index contributed by atoms with van der Waals surface area (Å²) in [6.45, 7) is 1.29. The third-order valence-electron chi connectivity index (χ3n) is 5.02. The molecular weight excluding hydrogens is 463 g/mol. The third-order valence-corrected chi connectivity index (χ3v) is 7.56. The van der Waals surface area contributed by atoms with E-state index in [0.29, 0.717) is 5.75 Å². The van der Waals surface area contributed by atoms with Gasteiger partial charge in [-0.2, -0.15) is 0 Å². The zero-order chi connectivity index (χ0) is 24.0. The van der Waals surface area contributed by atoms with Gasteiger partial charge in [0.1, 0.15) is 18.1 Å². The highest BCUT2D eigenvalue weighted by molar-refractivity contribution is 7.98. The molecule has 0 heterocycles. The van der Waals surface area contributed by atoms with Gasteiger partial charge in [-0.1, -0.05) is 18.2 Å². The van der Waals surface area contributed by atoms with Crippen molar-refractivity contribution in [2.24, 2.45) is 0 Å². The van der Waals surface area contributed by atoms with Crippen molar-refractivity contribution in [2.75, 3.05) is 24.2 Å². The van der Waals surface area contributed by atoms with Gasteiger partial charge >= 0.3 is 0 Å². The first kappa shape index (κ1) is 24.6. The van der Waals surface area contributed by atoms with E-state index in [1.54, 1.807) is 38.3 Å². The number of ether oxygens (including phenoxy) is 1. The summed E-state index contributed by atoms with van der Waals surface area (Å²) in [4.78, 5) is 13.8. The molecule has 0 aliphatic heterocycles. The normalized spacial score (nSPS) is 12.1. The largest absolute Gasteiger partial charge is 0.497 e. The van der Waals surface area contributed by atoms with Crippen LogP contribution < -0.4 is 14.4 Å². The van der Waals surface area contributed by atoms with Crippen LogP contribution in [0.3, 0.4) is 0 Å². The molecule has 6 nitrogen and oxygen atoms in total. The third kappa shape index (κ3) is 6.06. The second-order valence-electron chi connectivity index (χ2n) is 7.23. The molecule has 3 aromatic rings. The Bertz CT molecular complexity index is 1200. The average molecular weight is 489 g/mol. The fraction of sp³-hybridized carbons (Fsp3) is 0.208. The molecule has 0 saturated heterocycles. The minimum absolute atomic E-state index is 0.0144. The molecule has 3 rings (SSSR count). The van der Waals surface area contributed by atoms with E-state index in [1.165, 1.54) is 42.1 Å². The van der Waals surface area contributed by atoms with Gasteiger partial charge in [0.15, 0.2) is 0 Å². The summed E-state index contributed by atoms with van der Waals surface area (Å²) in [5.41, 5.74) is 0.896. The standard InChI is InChI=1S/C24H25FN2O4S2/c1-17(18-7-9-21(31-2)10-8-18)26-24(28)16-27(20-6-4-5-19(25)15-20)33(29,30)23-13-11-22(32-3)12-14-23/h4-15,17H,16H2,1-3H3,(H,26,28). The second-order valence-corrected chi connectivity index (χ2v) is 9.97. The van der Waals surface area contributed by atoms with Crippen LogP contribution in [0.4, 0.5) is 10.1 Å². The first-order chi connectivity index (χ1) is 15.7. The quantitative estimate of drug-likeness (QED) is 0.445. The summed E-state index contributed by atoms with van der Waals surface area (Å²) in [5.74, 6) is -0.433. The Hall–Kier alpha value is -3.04. The maximum absolute atomic E-state index is 13.9. The van der Waals surface area contributed by atoms with Gasteiger partial charge in [0.05, 0.1) is 23.7 Å². The van der Waals surface area contributed by atoms with Crippen LogP contribution in [-0.2, 0) is 14.8 Å². The summed E-state index contributed by atoms with van der Waals surface area (Å²) >= 11 is 1.48. The van der Waals surface area contributed by atoms with E-state index in [1.807, 2.05) is 18.4 Å². The minimum Gasteiger partial charge on any atom is -0.497 e. The molecule has 0 saturated carbocycles. The molecule has 1 unspecified atom stereocenters. The van der Waals surface area contributed by atoms with Gasteiger partial charge in [-0.25, -0.2) is 12.8 Å². The fourth-order valence-corrected chi connectivity index (χ4v) is 5.04. The van der Waals surface area contributed by atoms with E-state index < -0.39 is 28.3 Å². The molecule has 0 radical (unpaired) electrons. The van der Waals surface area contributed by atoms with Crippen molar-refractivity contribution in [3.63, 3.8) is 0 Å². The van der Waals surface area contributed by atoms with Crippen LogP contribution in [-0.4, -0.2) is 34.2 Å². The van der Waals surface area contributed by atoms with Crippen LogP contribution in [0.1, 0.15) is 18.5 Å². The van der Waals surface area contributed by atoms with E-state index in [-0.39, 0.29) is 16.6 Å². The SMILES string of the molecule is COc1ccc(C(C)NC(=O)CN(c2cccc(F)c2)S(=O)(=O)c2ccc(SC)cc2)cc1. The van der Waals surface area contributed by atoms with Crippen molar-refractivity contribution in [3.8, 4) is 5.75 Å². The topological polar surface area (TPSA) is 75.7 Å². The number of anilines is 1. The zero-order valence-corrected chi connectivity index (χ0v) is 20.1. The number of hydrogen-bond acceptors (Lipinski definition) is 5. The fourth-order valence-electron chi connectivity index (χ4n) is 3.21. The van der Waals surface area contributed by atoms with E-state index in [0.717, 1.165) is 20.8 Å². The van der Waals surface area contributed by atoms with Gasteiger partial charge in [-0.3, -0.25) is 9.10 Å². The summed E-state index contributed by atoms with van der Waals surface area (Å²) in [5, 5.41) is 2.81. The Kier molecular flexibility index (Phi) is 7.99. The first-order valence-electron chi connectivity index (χ1n) is 10.1. The molecule has 1 atom stereocenters. The lowest BCUT2D eigenvalue weighted by Gasteiger charge is -2.25. The van der Waals surface area contributed by atoms with Crippen LogP contribution in [0.15, 0.2) is 82.6 Å². The summed E-state index contributed by atoms with van der Waals surface area (Å²) in [6, 6.07) is 18.3. The Morgan fingerprint density at radius 3 is 2.33 bits per heavy atom. The number of sulfonamides is 1. The number of hydrogen-bond donors (Lipinski definition) is 1. The molecule has 174 valence electrons. The molecule has 33 heavy (non-hydrogen) atoms. The van der Waals surface area contributed by atoms with Crippen LogP contribution >= 0.6 is 11.8 Å². The average Bonchev–Trinajstić information content (AvgIpc) is 2.82. The number of rotatable bonds is 9. The first-order valence-corrected chi connectivity index (χ1v) is 12.8. The molecule has 0 spiro atoms. The van der Waals surface area contributed by atoms with E-state index in [4.69, 9.17) is 4.74 Å². The lowest BCUT2D eigenvalue weighted by Crippen LogP contribution is -2.41. The van der Waals surface area contributed by atoms with E-state index in [2.05, 4.69) is 5.32 Å². The monoisotopic (exact) mass is 488 g/mol. The van der Waals surface area contributed by atoms with Crippen LogP contribution in [0.25, 0.3) is 0 Å². The minimum atomic E-state index is -4.12. The van der Waals surface area contributed by atoms with Crippen molar-refractivity contribution in [2.45, 2.75) is 22.8 Å². The Balaban J connectivity index is 1.87. The highest BCUT2D eigenvalue weighted by Gasteiger charge is 2.28. The molecular formula is C24H25FN2O4S2. The molecule has 0 aromatic heterocycles. The number of carbonyl (C=O) groups excluding carboxylic acids is 1. The van der Waals surface area contributed by atoms with Gasteiger partial charge in [0, 0.05) is 4.90 Å². The van der Waals surface area contributed by atoms with Crippen molar-refractivity contribution < 1.29 is 22.3 Å². The number of halogens is 1. The lowest BCUT2D eigenvalue weighted by atomic mass is 10.1. The zero-order valence-electron chi connectivity index (χ0n) is 18.5. The molecule has 1 N–H and O–H groups in total. The molecule has 3 aromatic carbocycles. The lowest BCUT2D eigenvalue weighted by molar-refractivity contribution is -0.120. The predicted molar refractivity (Wildman–Crippen MR) is 129 cm³/mol. The van der Waals surface area contributed by atoms with Crippen LogP contribution in [0.5, 0.6) is 5.75 Å². The molecule has 0 bridgehead atoms. The molecule has 0 aliphatic rings. The number of nitrogens with one attached hydrogen (secondary N) is 1. The van der Waals surface area contributed by atoms with Gasteiger partial charge in [0.25, 0.3) is 10.0 Å². The molecule has 1 amide bonds. The maximum atomic E-state index is 13.9. The number of methoxy groups -OCH3 is 1. The highest BCUT2D eigenvalue weighted by Crippen LogP contribution is 2.26. The summed E-state index contributed by atoms with van der Waals surface area (Å²) in [7, 11) is -2.55. The van der Waals surface area contributed by atoms with Crippen molar-refractivity contribution in [1.29, 1.82) is 0 Å². The number of amides is 1. The summed E-state index contributed by atoms with van der Waals surface area (Å²) < 4.78 is 46.8. The smallest absolute Gasteiger partial charge is 0.264 e.